The van der Waals surface area contributed by atoms with E-state index in [9.17, 15) is 0 Å². The van der Waals surface area contributed by atoms with Crippen LogP contribution in [0.1, 0.15) is 18.9 Å². The molecule has 0 saturated heterocycles. The van der Waals surface area contributed by atoms with Crippen LogP contribution in [0.15, 0.2) is 23.0 Å². The zero-order chi connectivity index (χ0) is 16.2. The maximum Gasteiger partial charge on any atom is 0.213 e. The number of ether oxygens (including phenoxy) is 1. The van der Waals surface area contributed by atoms with Crippen molar-refractivity contribution in [1.82, 2.24) is 15.0 Å². The topological polar surface area (TPSA) is 59.9 Å². The van der Waals surface area contributed by atoms with Crippen LogP contribution in [-0.2, 0) is 0 Å². The van der Waals surface area contributed by atoms with Crippen molar-refractivity contribution in [3.63, 3.8) is 0 Å². The molecule has 0 bridgehead atoms. The molecule has 0 fully saturated rings. The Hall–Kier alpha value is -1.99. The smallest absolute Gasteiger partial charge is 0.213 e. The SMILES string of the molecule is CCCOc1cc(-c2nc(-c3csc(NC)n3)cs2)c(C)cn1. The van der Waals surface area contributed by atoms with Gasteiger partial charge in [-0.2, -0.15) is 0 Å². The van der Waals surface area contributed by atoms with Crippen LogP contribution in [0.2, 0.25) is 0 Å². The summed E-state index contributed by atoms with van der Waals surface area (Å²) in [5.41, 5.74) is 3.95. The highest BCUT2D eigenvalue weighted by atomic mass is 32.1. The molecule has 0 aromatic carbocycles. The number of thiazole rings is 2. The van der Waals surface area contributed by atoms with Gasteiger partial charge in [-0.25, -0.2) is 15.0 Å². The van der Waals surface area contributed by atoms with Gasteiger partial charge in [0, 0.05) is 35.6 Å². The fraction of sp³-hybridized carbons (Fsp3) is 0.312. The van der Waals surface area contributed by atoms with Crippen LogP contribution < -0.4 is 10.1 Å². The van der Waals surface area contributed by atoms with Gasteiger partial charge in [-0.05, 0) is 18.9 Å². The minimum atomic E-state index is 0.648. The minimum Gasteiger partial charge on any atom is -0.478 e. The lowest BCUT2D eigenvalue weighted by Gasteiger charge is -2.07. The molecule has 0 atom stereocenters. The summed E-state index contributed by atoms with van der Waals surface area (Å²) >= 11 is 3.19. The fourth-order valence-electron chi connectivity index (χ4n) is 2.04. The lowest BCUT2D eigenvalue weighted by atomic mass is 10.1. The van der Waals surface area contributed by atoms with Gasteiger partial charge in [0.1, 0.15) is 16.4 Å². The highest BCUT2D eigenvalue weighted by molar-refractivity contribution is 7.14. The largest absolute Gasteiger partial charge is 0.478 e. The number of pyridine rings is 1. The van der Waals surface area contributed by atoms with E-state index < -0.39 is 0 Å². The summed E-state index contributed by atoms with van der Waals surface area (Å²) in [6.45, 7) is 4.79. The summed E-state index contributed by atoms with van der Waals surface area (Å²) in [5.74, 6) is 0.648. The van der Waals surface area contributed by atoms with Crippen molar-refractivity contribution in [2.75, 3.05) is 19.0 Å². The van der Waals surface area contributed by atoms with Gasteiger partial charge < -0.3 is 10.1 Å². The summed E-state index contributed by atoms with van der Waals surface area (Å²) in [6.07, 6.45) is 2.80. The zero-order valence-corrected chi connectivity index (χ0v) is 14.9. The van der Waals surface area contributed by atoms with Crippen molar-refractivity contribution in [3.05, 3.63) is 28.6 Å². The van der Waals surface area contributed by atoms with Crippen molar-refractivity contribution in [2.24, 2.45) is 0 Å². The van der Waals surface area contributed by atoms with Gasteiger partial charge in [0.2, 0.25) is 5.88 Å². The summed E-state index contributed by atoms with van der Waals surface area (Å²) in [5, 5.41) is 8.95. The van der Waals surface area contributed by atoms with Gasteiger partial charge >= 0.3 is 0 Å². The number of anilines is 1. The minimum absolute atomic E-state index is 0.648. The van der Waals surface area contributed by atoms with Gasteiger partial charge in [0.25, 0.3) is 0 Å². The Morgan fingerprint density at radius 3 is 2.70 bits per heavy atom. The third-order valence-electron chi connectivity index (χ3n) is 3.25. The number of aryl methyl sites for hydroxylation is 1. The number of nitrogens with one attached hydrogen (secondary N) is 1. The molecule has 3 heterocycles. The van der Waals surface area contributed by atoms with Crippen LogP contribution in [-0.4, -0.2) is 28.6 Å². The first-order chi connectivity index (χ1) is 11.2. The Labute approximate surface area is 143 Å². The molecule has 120 valence electrons. The highest BCUT2D eigenvalue weighted by Gasteiger charge is 2.12. The van der Waals surface area contributed by atoms with E-state index in [1.165, 1.54) is 0 Å². The Kier molecular flexibility index (Phi) is 4.88. The number of hydrogen-bond acceptors (Lipinski definition) is 7. The molecular weight excluding hydrogens is 328 g/mol. The summed E-state index contributed by atoms with van der Waals surface area (Å²) in [7, 11) is 1.87. The number of nitrogens with zero attached hydrogens (tertiary/aromatic N) is 3. The van der Waals surface area contributed by atoms with Crippen molar-refractivity contribution < 1.29 is 4.74 Å². The first-order valence-corrected chi connectivity index (χ1v) is 9.16. The molecule has 0 aliphatic heterocycles. The van der Waals surface area contributed by atoms with Crippen LogP contribution in [0.5, 0.6) is 5.88 Å². The fourth-order valence-corrected chi connectivity index (χ4v) is 3.60. The molecule has 3 rings (SSSR count). The third kappa shape index (κ3) is 3.51. The van der Waals surface area contributed by atoms with Gasteiger partial charge in [-0.15, -0.1) is 22.7 Å². The zero-order valence-electron chi connectivity index (χ0n) is 13.3. The Morgan fingerprint density at radius 1 is 1.17 bits per heavy atom. The Morgan fingerprint density at radius 2 is 1.96 bits per heavy atom. The molecule has 0 aliphatic carbocycles. The Balaban J connectivity index is 1.90. The van der Waals surface area contributed by atoms with E-state index in [4.69, 9.17) is 9.72 Å². The molecule has 0 radical (unpaired) electrons. The van der Waals surface area contributed by atoms with Crippen molar-refractivity contribution >= 4 is 27.8 Å². The van der Waals surface area contributed by atoms with Crippen molar-refractivity contribution in [3.8, 4) is 27.8 Å². The predicted octanol–water partition coefficient (Wildman–Crippen LogP) is 4.47. The average molecular weight is 346 g/mol. The lowest BCUT2D eigenvalue weighted by molar-refractivity contribution is 0.305. The molecule has 0 unspecified atom stereocenters. The first kappa shape index (κ1) is 15.9. The second-order valence-corrected chi connectivity index (χ2v) is 6.73. The van der Waals surface area contributed by atoms with E-state index in [-0.39, 0.29) is 0 Å². The van der Waals surface area contributed by atoms with E-state index in [0.29, 0.717) is 12.5 Å². The monoisotopic (exact) mass is 346 g/mol. The summed E-state index contributed by atoms with van der Waals surface area (Å²) < 4.78 is 5.63. The lowest BCUT2D eigenvalue weighted by Crippen LogP contribution is -1.98. The summed E-state index contributed by atoms with van der Waals surface area (Å²) in [6, 6.07) is 1.97. The van der Waals surface area contributed by atoms with E-state index in [1.807, 2.05) is 37.0 Å². The third-order valence-corrected chi connectivity index (χ3v) is 4.98. The average Bonchev–Trinajstić information content (AvgIpc) is 3.22. The van der Waals surface area contributed by atoms with Crippen LogP contribution in [0.4, 0.5) is 5.13 Å². The molecule has 7 heteroatoms. The molecule has 0 saturated carbocycles. The van der Waals surface area contributed by atoms with Crippen molar-refractivity contribution in [2.45, 2.75) is 20.3 Å². The van der Waals surface area contributed by atoms with Crippen LogP contribution >= 0.6 is 22.7 Å². The Bertz CT molecular complexity index is 797. The maximum atomic E-state index is 5.63. The van der Waals surface area contributed by atoms with Crippen molar-refractivity contribution in [1.29, 1.82) is 0 Å². The van der Waals surface area contributed by atoms with Gasteiger partial charge in [0.15, 0.2) is 5.13 Å². The molecular formula is C16H18N4OS2. The van der Waals surface area contributed by atoms with Crippen LogP contribution in [0.25, 0.3) is 22.0 Å². The molecule has 0 amide bonds. The van der Waals surface area contributed by atoms with Gasteiger partial charge in [0.05, 0.1) is 6.61 Å². The molecule has 3 aromatic rings. The number of rotatable bonds is 6. The molecule has 3 aromatic heterocycles. The maximum absolute atomic E-state index is 5.63. The van der Waals surface area contributed by atoms with E-state index in [0.717, 1.165) is 39.1 Å². The van der Waals surface area contributed by atoms with E-state index in [1.54, 1.807) is 22.7 Å². The van der Waals surface area contributed by atoms with Gasteiger partial charge in [-0.3, -0.25) is 0 Å². The normalized spacial score (nSPS) is 10.7. The predicted molar refractivity (Wildman–Crippen MR) is 96.5 cm³/mol. The number of hydrogen-bond donors (Lipinski definition) is 1. The van der Waals surface area contributed by atoms with Gasteiger partial charge in [-0.1, -0.05) is 6.92 Å². The quantitative estimate of drug-likeness (QED) is 0.714. The molecule has 1 N–H and O–H groups in total. The summed E-state index contributed by atoms with van der Waals surface area (Å²) in [4.78, 5) is 13.6. The van der Waals surface area contributed by atoms with E-state index >= 15 is 0 Å². The standard InChI is InChI=1S/C16H18N4OS2/c1-4-5-21-14-6-11(10(2)7-18-14)15-19-12(8-22-15)13-9-23-16(17-3)20-13/h6-9H,4-5H2,1-3H3,(H,17,20). The first-order valence-electron chi connectivity index (χ1n) is 7.40. The highest BCUT2D eigenvalue weighted by Crippen LogP contribution is 2.33. The second kappa shape index (κ2) is 7.06. The molecule has 0 aliphatic rings. The number of aromatic nitrogens is 3. The molecule has 23 heavy (non-hydrogen) atoms. The van der Waals surface area contributed by atoms with Crippen LogP contribution in [0.3, 0.4) is 0 Å². The van der Waals surface area contributed by atoms with Crippen LogP contribution in [0, 0.1) is 6.92 Å². The second-order valence-electron chi connectivity index (χ2n) is 5.01. The van der Waals surface area contributed by atoms with E-state index in [2.05, 4.69) is 22.2 Å². The molecule has 5 nitrogen and oxygen atoms in total. The molecule has 0 spiro atoms.